The maximum Gasteiger partial charge on any atom is 0.0753 e. The summed E-state index contributed by atoms with van der Waals surface area (Å²) < 4.78 is 0. The molecule has 1 atom stereocenters. The highest BCUT2D eigenvalue weighted by molar-refractivity contribution is 5.55. The van der Waals surface area contributed by atoms with Gasteiger partial charge in [-0.2, -0.15) is 0 Å². The van der Waals surface area contributed by atoms with Crippen molar-refractivity contribution in [1.82, 2.24) is 0 Å². The van der Waals surface area contributed by atoms with Gasteiger partial charge in [0, 0.05) is 18.7 Å². The highest BCUT2D eigenvalue weighted by atomic mass is 16.3. The van der Waals surface area contributed by atoms with Crippen LogP contribution in [0.2, 0.25) is 0 Å². The van der Waals surface area contributed by atoms with Crippen LogP contribution in [0.5, 0.6) is 0 Å². The van der Waals surface area contributed by atoms with E-state index in [0.29, 0.717) is 6.54 Å². The molecule has 0 fully saturated rings. The fraction of sp³-hybridized carbons (Fsp3) is 0.500. The van der Waals surface area contributed by atoms with E-state index in [1.54, 1.807) is 0 Å². The second-order valence-corrected chi connectivity index (χ2v) is 3.98. The van der Waals surface area contributed by atoms with E-state index in [-0.39, 0.29) is 6.10 Å². The van der Waals surface area contributed by atoms with E-state index in [9.17, 15) is 5.11 Å². The molecule has 1 aliphatic rings. The molecule has 2 rings (SSSR count). The molecule has 2 heteroatoms. The largest absolute Gasteiger partial charge is 0.391 e. The van der Waals surface area contributed by atoms with E-state index >= 15 is 0 Å². The second-order valence-electron chi connectivity index (χ2n) is 3.98. The van der Waals surface area contributed by atoms with Gasteiger partial charge in [-0.1, -0.05) is 25.5 Å². The first-order valence-electron chi connectivity index (χ1n) is 5.33. The van der Waals surface area contributed by atoms with E-state index in [1.165, 1.54) is 23.2 Å². The van der Waals surface area contributed by atoms with Gasteiger partial charge in [0.15, 0.2) is 0 Å². The minimum absolute atomic E-state index is 0.223. The van der Waals surface area contributed by atoms with Crippen LogP contribution >= 0.6 is 0 Å². The van der Waals surface area contributed by atoms with Gasteiger partial charge in [0.2, 0.25) is 0 Å². The van der Waals surface area contributed by atoms with Crippen molar-refractivity contribution in [2.75, 3.05) is 11.9 Å². The van der Waals surface area contributed by atoms with Crippen LogP contribution in [0.15, 0.2) is 18.2 Å². The molecule has 1 aromatic rings. The second kappa shape index (κ2) is 4.01. The number of aliphatic hydroxyl groups excluding tert-OH is 1. The molecule has 0 radical (unpaired) electrons. The minimum atomic E-state index is -0.223. The third kappa shape index (κ3) is 1.90. The number of anilines is 1. The van der Waals surface area contributed by atoms with Crippen LogP contribution < -0.4 is 5.32 Å². The number of fused-ring (bicyclic) bond motifs is 1. The smallest absolute Gasteiger partial charge is 0.0753 e. The zero-order valence-corrected chi connectivity index (χ0v) is 8.59. The summed E-state index contributed by atoms with van der Waals surface area (Å²) in [6.07, 6.45) is 2.87. The van der Waals surface area contributed by atoms with Crippen LogP contribution in [0.4, 0.5) is 5.69 Å². The zero-order valence-electron chi connectivity index (χ0n) is 8.59. The Kier molecular flexibility index (Phi) is 2.73. The lowest BCUT2D eigenvalue weighted by molar-refractivity contribution is 0.184. The van der Waals surface area contributed by atoms with E-state index in [1.807, 2.05) is 0 Å². The average Bonchev–Trinajstić information content (AvgIpc) is 2.17. The minimum Gasteiger partial charge on any atom is -0.391 e. The molecule has 0 aromatic heterocycles. The van der Waals surface area contributed by atoms with Gasteiger partial charge in [-0.25, -0.2) is 0 Å². The summed E-state index contributed by atoms with van der Waals surface area (Å²) in [4.78, 5) is 0. The van der Waals surface area contributed by atoms with Crippen LogP contribution in [0.25, 0.3) is 0 Å². The summed E-state index contributed by atoms with van der Waals surface area (Å²) in [6, 6.07) is 6.52. The Morgan fingerprint density at radius 2 is 2.36 bits per heavy atom. The Balaban J connectivity index is 2.24. The van der Waals surface area contributed by atoms with E-state index in [4.69, 9.17) is 0 Å². The molecule has 1 heterocycles. The van der Waals surface area contributed by atoms with Gasteiger partial charge in [0.05, 0.1) is 6.10 Å². The standard InChI is InChI=1S/C12H17NO/c1-2-3-9-4-5-12-10(6-9)7-11(14)8-13-12/h4-6,11,13-14H,2-3,7-8H2,1H3. The predicted octanol–water partition coefficient (Wildman–Crippen LogP) is 1.97. The van der Waals surface area contributed by atoms with Gasteiger partial charge in [0.25, 0.3) is 0 Å². The molecular formula is C12H17NO. The fourth-order valence-corrected chi connectivity index (χ4v) is 1.99. The van der Waals surface area contributed by atoms with Gasteiger partial charge in [-0.3, -0.25) is 0 Å². The summed E-state index contributed by atoms with van der Waals surface area (Å²) in [7, 11) is 0. The molecule has 1 aromatic carbocycles. The normalized spacial score (nSPS) is 20.0. The molecule has 0 aliphatic carbocycles. The molecule has 14 heavy (non-hydrogen) atoms. The third-order valence-electron chi connectivity index (χ3n) is 2.69. The molecule has 2 nitrogen and oxygen atoms in total. The summed E-state index contributed by atoms with van der Waals surface area (Å²) in [5, 5.41) is 12.7. The number of benzene rings is 1. The molecule has 76 valence electrons. The van der Waals surface area contributed by atoms with Crippen molar-refractivity contribution in [3.63, 3.8) is 0 Å². The summed E-state index contributed by atoms with van der Waals surface area (Å²) in [5.41, 5.74) is 3.83. The van der Waals surface area contributed by atoms with Gasteiger partial charge in [0.1, 0.15) is 0 Å². The highest BCUT2D eigenvalue weighted by Gasteiger charge is 2.15. The van der Waals surface area contributed by atoms with Gasteiger partial charge < -0.3 is 10.4 Å². The number of nitrogens with one attached hydrogen (secondary N) is 1. The molecule has 2 N–H and O–H groups in total. The monoisotopic (exact) mass is 191 g/mol. The summed E-state index contributed by atoms with van der Waals surface area (Å²) in [5.74, 6) is 0. The predicted molar refractivity (Wildman–Crippen MR) is 58.6 cm³/mol. The van der Waals surface area contributed by atoms with E-state index < -0.39 is 0 Å². The van der Waals surface area contributed by atoms with Gasteiger partial charge in [-0.15, -0.1) is 0 Å². The van der Waals surface area contributed by atoms with Crippen molar-refractivity contribution in [1.29, 1.82) is 0 Å². The Morgan fingerprint density at radius 3 is 3.14 bits per heavy atom. The SMILES string of the molecule is CCCc1ccc2c(c1)CC(O)CN2. The maximum atomic E-state index is 9.51. The molecule has 0 amide bonds. The Hall–Kier alpha value is -1.02. The first-order valence-corrected chi connectivity index (χ1v) is 5.33. The van der Waals surface area contributed by atoms with Crippen molar-refractivity contribution in [2.45, 2.75) is 32.3 Å². The first-order chi connectivity index (χ1) is 6.79. The van der Waals surface area contributed by atoms with E-state index in [2.05, 4.69) is 30.4 Å². The lowest BCUT2D eigenvalue weighted by Crippen LogP contribution is -2.27. The molecule has 0 bridgehead atoms. The van der Waals surface area contributed by atoms with E-state index in [0.717, 1.165) is 12.8 Å². The number of hydrogen-bond acceptors (Lipinski definition) is 2. The highest BCUT2D eigenvalue weighted by Crippen LogP contribution is 2.23. The van der Waals surface area contributed by atoms with Crippen molar-refractivity contribution >= 4 is 5.69 Å². The van der Waals surface area contributed by atoms with Crippen LogP contribution in [0.3, 0.4) is 0 Å². The number of aryl methyl sites for hydroxylation is 1. The average molecular weight is 191 g/mol. The first kappa shape index (κ1) is 9.53. The fourth-order valence-electron chi connectivity index (χ4n) is 1.99. The van der Waals surface area contributed by atoms with Crippen LogP contribution in [0.1, 0.15) is 24.5 Å². The lowest BCUT2D eigenvalue weighted by atomic mass is 9.98. The van der Waals surface area contributed by atoms with Crippen molar-refractivity contribution in [3.8, 4) is 0 Å². The van der Waals surface area contributed by atoms with Crippen molar-refractivity contribution < 1.29 is 5.11 Å². The molecule has 1 aliphatic heterocycles. The third-order valence-corrected chi connectivity index (χ3v) is 2.69. The molecule has 0 saturated carbocycles. The van der Waals surface area contributed by atoms with Gasteiger partial charge >= 0.3 is 0 Å². The maximum absolute atomic E-state index is 9.51. The van der Waals surface area contributed by atoms with Crippen LogP contribution in [0, 0.1) is 0 Å². The Morgan fingerprint density at radius 1 is 1.50 bits per heavy atom. The number of hydrogen-bond donors (Lipinski definition) is 2. The molecule has 1 unspecified atom stereocenters. The van der Waals surface area contributed by atoms with Crippen LogP contribution in [-0.2, 0) is 12.8 Å². The quantitative estimate of drug-likeness (QED) is 0.749. The number of aliphatic hydroxyl groups is 1. The Labute approximate surface area is 85.0 Å². The summed E-state index contributed by atoms with van der Waals surface area (Å²) >= 11 is 0. The van der Waals surface area contributed by atoms with Crippen molar-refractivity contribution in [2.24, 2.45) is 0 Å². The molecule has 0 saturated heterocycles. The zero-order chi connectivity index (χ0) is 9.97. The topological polar surface area (TPSA) is 32.3 Å². The van der Waals surface area contributed by atoms with Gasteiger partial charge in [-0.05, 0) is 23.6 Å². The summed E-state index contributed by atoms with van der Waals surface area (Å²) in [6.45, 7) is 2.87. The van der Waals surface area contributed by atoms with Crippen molar-refractivity contribution in [3.05, 3.63) is 29.3 Å². The molecular weight excluding hydrogens is 174 g/mol. The van der Waals surface area contributed by atoms with Crippen LogP contribution in [-0.4, -0.2) is 17.8 Å². The molecule has 0 spiro atoms. The number of β-amino-alcohol motifs (C(OH)–C–C–N with tert-alkyl or cyclic N) is 1. The lowest BCUT2D eigenvalue weighted by Gasteiger charge is -2.23. The Bertz CT molecular complexity index is 322. The number of rotatable bonds is 2.